The lowest BCUT2D eigenvalue weighted by atomic mass is 9.80. The van der Waals surface area contributed by atoms with Crippen molar-refractivity contribution in [2.24, 2.45) is 10.9 Å². The first-order valence-corrected chi connectivity index (χ1v) is 9.68. The van der Waals surface area contributed by atoms with Gasteiger partial charge in [-0.05, 0) is 57.1 Å². The maximum absolute atomic E-state index is 11.4. The first kappa shape index (κ1) is 20.6. The van der Waals surface area contributed by atoms with Gasteiger partial charge in [0.25, 0.3) is 0 Å². The van der Waals surface area contributed by atoms with Crippen LogP contribution < -0.4 is 16.5 Å². The van der Waals surface area contributed by atoms with Crippen LogP contribution in [0.2, 0.25) is 0 Å². The third-order valence-corrected chi connectivity index (χ3v) is 5.65. The zero-order valence-electron chi connectivity index (χ0n) is 16.8. The van der Waals surface area contributed by atoms with Crippen molar-refractivity contribution in [1.82, 2.24) is 15.2 Å². The molecule has 1 aromatic heterocycles. The largest absolute Gasteiger partial charge is 0.478 e. The third kappa shape index (κ3) is 4.83. The molecule has 1 aromatic carbocycles. The molecule has 2 aromatic rings. The van der Waals surface area contributed by atoms with Crippen molar-refractivity contribution in [1.29, 1.82) is 0 Å². The number of pyridine rings is 1. The predicted molar refractivity (Wildman–Crippen MR) is 114 cm³/mol. The summed E-state index contributed by atoms with van der Waals surface area (Å²) < 4.78 is 0. The number of benzene rings is 1. The van der Waals surface area contributed by atoms with Crippen LogP contribution in [0.3, 0.4) is 0 Å². The Kier molecular flexibility index (Phi) is 6.33. The Bertz CT molecular complexity index is 862. The highest BCUT2D eigenvalue weighted by molar-refractivity contribution is 5.98. The number of hydrogen-bond donors (Lipinski definition) is 4. The molecule has 0 bridgehead atoms. The maximum Gasteiger partial charge on any atom is 0.335 e. The number of nitrogens with one attached hydrogen (secondary N) is 2. The van der Waals surface area contributed by atoms with Gasteiger partial charge in [0.05, 0.1) is 11.1 Å². The summed E-state index contributed by atoms with van der Waals surface area (Å²) in [6, 6.07) is 10.6. The fraction of sp³-hybridized carbons (Fsp3) is 0.381. The normalized spacial score (nSPS) is 18.1. The second-order valence-corrected chi connectivity index (χ2v) is 7.55. The number of piperidine rings is 1. The van der Waals surface area contributed by atoms with Gasteiger partial charge in [-0.15, -0.1) is 0 Å². The maximum atomic E-state index is 11.4. The first-order chi connectivity index (χ1) is 13.9. The average Bonchev–Trinajstić information content (AvgIpc) is 2.74. The van der Waals surface area contributed by atoms with E-state index in [-0.39, 0.29) is 17.1 Å². The summed E-state index contributed by atoms with van der Waals surface area (Å²) in [4.78, 5) is 17.7. The fourth-order valence-corrected chi connectivity index (χ4v) is 3.75. The Morgan fingerprint density at radius 3 is 2.55 bits per heavy atom. The number of rotatable bonds is 6. The van der Waals surface area contributed by atoms with Gasteiger partial charge in [0.1, 0.15) is 0 Å². The second kappa shape index (κ2) is 8.91. The molecule has 1 unspecified atom stereocenters. The zero-order valence-corrected chi connectivity index (χ0v) is 16.8. The molecule has 29 heavy (non-hydrogen) atoms. The number of hydrazone groups is 1. The van der Waals surface area contributed by atoms with Gasteiger partial charge in [-0.1, -0.05) is 6.07 Å². The number of nitrogens with zero attached hydrogens (tertiary/aromatic N) is 3. The molecule has 0 amide bonds. The van der Waals surface area contributed by atoms with E-state index in [9.17, 15) is 9.90 Å². The van der Waals surface area contributed by atoms with E-state index in [4.69, 9.17) is 5.84 Å². The summed E-state index contributed by atoms with van der Waals surface area (Å²) in [7, 11) is 2.11. The number of amidine groups is 1. The first-order valence-electron chi connectivity index (χ1n) is 9.68. The molecular weight excluding hydrogens is 368 g/mol. The van der Waals surface area contributed by atoms with E-state index in [1.165, 1.54) is 0 Å². The Balaban J connectivity index is 1.86. The monoisotopic (exact) mass is 396 g/mol. The van der Waals surface area contributed by atoms with E-state index in [1.54, 1.807) is 30.6 Å². The van der Waals surface area contributed by atoms with Gasteiger partial charge < -0.3 is 26.5 Å². The van der Waals surface area contributed by atoms with Crippen LogP contribution in [0.1, 0.15) is 35.7 Å². The number of carboxylic acids is 1. The van der Waals surface area contributed by atoms with Crippen molar-refractivity contribution in [3.8, 4) is 0 Å². The van der Waals surface area contributed by atoms with E-state index in [2.05, 4.69) is 39.6 Å². The van der Waals surface area contributed by atoms with Crippen molar-refractivity contribution in [2.45, 2.75) is 31.3 Å². The van der Waals surface area contributed by atoms with Crippen LogP contribution in [0, 0.1) is 0 Å². The van der Waals surface area contributed by atoms with Crippen LogP contribution in [0.25, 0.3) is 0 Å². The zero-order chi connectivity index (χ0) is 20.9. The van der Waals surface area contributed by atoms with Crippen LogP contribution in [0.15, 0.2) is 53.9 Å². The molecule has 1 aliphatic heterocycles. The molecule has 8 nitrogen and oxygen atoms in total. The highest BCUT2D eigenvalue weighted by Crippen LogP contribution is 2.30. The highest BCUT2D eigenvalue weighted by Gasteiger charge is 2.39. The van der Waals surface area contributed by atoms with Crippen LogP contribution in [-0.4, -0.2) is 58.5 Å². The number of carbonyl (C=O) groups is 1. The molecule has 8 heteroatoms. The number of nitrogens with two attached hydrogens (primary N) is 1. The number of hydrogen-bond acceptors (Lipinski definition) is 6. The van der Waals surface area contributed by atoms with Gasteiger partial charge in [-0.3, -0.25) is 4.98 Å². The molecule has 1 saturated heterocycles. The van der Waals surface area contributed by atoms with Crippen molar-refractivity contribution in [3.05, 3.63) is 59.9 Å². The van der Waals surface area contributed by atoms with Gasteiger partial charge in [0, 0.05) is 42.8 Å². The summed E-state index contributed by atoms with van der Waals surface area (Å²) >= 11 is 0. The van der Waals surface area contributed by atoms with Crippen LogP contribution in [0.5, 0.6) is 0 Å². The van der Waals surface area contributed by atoms with Gasteiger partial charge in [-0.25, -0.2) is 4.79 Å². The number of aromatic carboxylic acids is 1. The molecule has 3 rings (SSSR count). The number of likely N-dealkylation sites (tertiary alicyclic amines) is 1. The van der Waals surface area contributed by atoms with E-state index < -0.39 is 5.97 Å². The molecule has 1 fully saturated rings. The number of anilines is 1. The van der Waals surface area contributed by atoms with Gasteiger partial charge in [0.15, 0.2) is 5.84 Å². The summed E-state index contributed by atoms with van der Waals surface area (Å²) in [6.07, 6.45) is 5.19. The van der Waals surface area contributed by atoms with E-state index in [1.807, 2.05) is 18.2 Å². The number of carboxylic acid groups (broad SMARTS) is 1. The van der Waals surface area contributed by atoms with Crippen LogP contribution >= 0.6 is 0 Å². The quantitative estimate of drug-likeness (QED) is 0.255. The van der Waals surface area contributed by atoms with E-state index in [0.717, 1.165) is 37.2 Å². The van der Waals surface area contributed by atoms with Gasteiger partial charge in [-0.2, -0.15) is 5.10 Å². The summed E-state index contributed by atoms with van der Waals surface area (Å²) in [5, 5.41) is 20.4. The van der Waals surface area contributed by atoms with Crippen molar-refractivity contribution in [2.75, 3.05) is 25.5 Å². The fourth-order valence-electron chi connectivity index (χ4n) is 3.75. The lowest BCUT2D eigenvalue weighted by Crippen LogP contribution is -2.60. The second-order valence-electron chi connectivity index (χ2n) is 7.55. The lowest BCUT2D eigenvalue weighted by Gasteiger charge is -2.46. The van der Waals surface area contributed by atoms with Crippen molar-refractivity contribution < 1.29 is 9.90 Å². The van der Waals surface area contributed by atoms with E-state index >= 15 is 0 Å². The van der Waals surface area contributed by atoms with Crippen molar-refractivity contribution >= 4 is 17.5 Å². The lowest BCUT2D eigenvalue weighted by molar-refractivity contribution is 0.0697. The summed E-state index contributed by atoms with van der Waals surface area (Å²) in [5.74, 6) is 5.32. The Morgan fingerprint density at radius 2 is 1.93 bits per heavy atom. The Labute approximate surface area is 170 Å². The highest BCUT2D eigenvalue weighted by atomic mass is 16.4. The standard InChI is InChI=1S/C21H28N6O2/c1-15(24-19(26-22)16-6-10-23-11-7-16)21(8-12-27(2)13-9-21)25-18-5-3-4-17(14-18)20(28)29/h3-7,10-11,14-15,25H,8-9,12-13,22H2,1-2H3,(H,24,26)(H,28,29). The minimum Gasteiger partial charge on any atom is -0.478 e. The molecule has 5 N–H and O–H groups in total. The predicted octanol–water partition coefficient (Wildman–Crippen LogP) is 1.95. The van der Waals surface area contributed by atoms with Gasteiger partial charge in [0.2, 0.25) is 0 Å². The molecule has 2 heterocycles. The Morgan fingerprint density at radius 1 is 1.24 bits per heavy atom. The molecule has 0 radical (unpaired) electrons. The number of aromatic nitrogens is 1. The summed E-state index contributed by atoms with van der Waals surface area (Å²) in [5.41, 5.74) is 1.63. The molecule has 0 spiro atoms. The topological polar surface area (TPSA) is 116 Å². The minimum absolute atomic E-state index is 0.0138. The van der Waals surface area contributed by atoms with Crippen LogP contribution in [0.4, 0.5) is 5.69 Å². The Hall–Kier alpha value is -3.13. The third-order valence-electron chi connectivity index (χ3n) is 5.65. The summed E-state index contributed by atoms with van der Waals surface area (Å²) in [6.45, 7) is 3.97. The van der Waals surface area contributed by atoms with Gasteiger partial charge >= 0.3 is 5.97 Å². The van der Waals surface area contributed by atoms with Crippen LogP contribution in [-0.2, 0) is 0 Å². The van der Waals surface area contributed by atoms with Crippen molar-refractivity contribution in [3.63, 3.8) is 0 Å². The molecule has 0 saturated carbocycles. The van der Waals surface area contributed by atoms with E-state index in [0.29, 0.717) is 5.84 Å². The molecular formula is C21H28N6O2. The molecule has 0 aliphatic carbocycles. The minimum atomic E-state index is -0.938. The molecule has 154 valence electrons. The SMILES string of the molecule is CC(N/C(=N\N)c1ccncc1)C1(Nc2cccc(C(=O)O)c2)CCN(C)CC1. The molecule has 1 atom stereocenters. The molecule has 1 aliphatic rings. The smallest absolute Gasteiger partial charge is 0.335 e. The average molecular weight is 396 g/mol.